The predicted molar refractivity (Wildman–Crippen MR) is 100 cm³/mol. The fourth-order valence-corrected chi connectivity index (χ4v) is 3.43. The first-order chi connectivity index (χ1) is 12.5. The Hall–Kier alpha value is -2.83. The molecule has 3 rings (SSSR count). The van der Waals surface area contributed by atoms with Crippen molar-refractivity contribution in [2.24, 2.45) is 5.92 Å². The van der Waals surface area contributed by atoms with Gasteiger partial charge in [-0.15, -0.1) is 0 Å². The van der Waals surface area contributed by atoms with E-state index in [1.165, 1.54) is 6.08 Å². The standard InChI is InChI=1S/C19H24N4O3/c1-3-17(24)22-9-4-5-14(12-22)18(25)21-16-7-6-15(11-13(16)2)23-10-8-20-19(23)26/h3,6-7,11,14H,1,4-5,8-10,12H2,2H3,(H,20,26)(H,21,25). The average molecular weight is 356 g/mol. The summed E-state index contributed by atoms with van der Waals surface area (Å²) in [6.07, 6.45) is 2.86. The van der Waals surface area contributed by atoms with E-state index in [1.54, 1.807) is 9.80 Å². The number of hydrogen-bond acceptors (Lipinski definition) is 3. The van der Waals surface area contributed by atoms with Crippen LogP contribution in [0.15, 0.2) is 30.9 Å². The van der Waals surface area contributed by atoms with E-state index in [2.05, 4.69) is 17.2 Å². The average Bonchev–Trinajstić information content (AvgIpc) is 3.08. The van der Waals surface area contributed by atoms with Gasteiger partial charge in [-0.2, -0.15) is 0 Å². The summed E-state index contributed by atoms with van der Waals surface area (Å²) in [4.78, 5) is 39.5. The molecule has 2 aliphatic heterocycles. The minimum atomic E-state index is -0.226. The number of rotatable bonds is 4. The molecule has 0 radical (unpaired) electrons. The molecular formula is C19H24N4O3. The fourth-order valence-electron chi connectivity index (χ4n) is 3.43. The lowest BCUT2D eigenvalue weighted by molar-refractivity contribution is -0.130. The maximum Gasteiger partial charge on any atom is 0.321 e. The summed E-state index contributed by atoms with van der Waals surface area (Å²) >= 11 is 0. The van der Waals surface area contributed by atoms with Gasteiger partial charge in [-0.05, 0) is 49.6 Å². The summed E-state index contributed by atoms with van der Waals surface area (Å²) in [7, 11) is 0. The molecule has 1 unspecified atom stereocenters. The lowest BCUT2D eigenvalue weighted by Crippen LogP contribution is -2.43. The third-order valence-electron chi connectivity index (χ3n) is 4.91. The van der Waals surface area contributed by atoms with Crippen LogP contribution in [0, 0.1) is 12.8 Å². The minimum absolute atomic E-state index is 0.0821. The molecule has 0 aliphatic carbocycles. The quantitative estimate of drug-likeness (QED) is 0.809. The Morgan fingerprint density at radius 2 is 2.15 bits per heavy atom. The first-order valence-electron chi connectivity index (χ1n) is 8.88. The number of nitrogens with zero attached hydrogens (tertiary/aromatic N) is 2. The van der Waals surface area contributed by atoms with Crippen LogP contribution >= 0.6 is 0 Å². The summed E-state index contributed by atoms with van der Waals surface area (Å²) in [6.45, 7) is 7.77. The molecule has 4 amide bonds. The Labute approximate surface area is 153 Å². The Bertz CT molecular complexity index is 746. The predicted octanol–water partition coefficient (Wildman–Crippen LogP) is 1.89. The number of benzene rings is 1. The molecule has 7 nitrogen and oxygen atoms in total. The van der Waals surface area contributed by atoms with Crippen LogP contribution in [0.4, 0.5) is 16.2 Å². The van der Waals surface area contributed by atoms with Gasteiger partial charge in [-0.25, -0.2) is 4.79 Å². The molecule has 1 aromatic rings. The molecule has 0 spiro atoms. The van der Waals surface area contributed by atoms with Gasteiger partial charge < -0.3 is 15.5 Å². The van der Waals surface area contributed by atoms with Crippen molar-refractivity contribution < 1.29 is 14.4 Å². The normalized spacial score (nSPS) is 19.9. The van der Waals surface area contributed by atoms with Gasteiger partial charge in [0.2, 0.25) is 11.8 Å². The van der Waals surface area contributed by atoms with Gasteiger partial charge in [0.05, 0.1) is 5.92 Å². The van der Waals surface area contributed by atoms with Gasteiger partial charge in [0.15, 0.2) is 0 Å². The monoisotopic (exact) mass is 356 g/mol. The molecule has 2 aliphatic rings. The lowest BCUT2D eigenvalue weighted by Gasteiger charge is -2.31. The maximum atomic E-state index is 12.6. The molecule has 0 aromatic heterocycles. The van der Waals surface area contributed by atoms with Crippen molar-refractivity contribution >= 4 is 29.2 Å². The van der Waals surface area contributed by atoms with Crippen molar-refractivity contribution in [3.8, 4) is 0 Å². The number of nitrogens with one attached hydrogen (secondary N) is 2. The number of carbonyl (C=O) groups is 3. The highest BCUT2D eigenvalue weighted by molar-refractivity contribution is 5.96. The van der Waals surface area contributed by atoms with Crippen molar-refractivity contribution in [1.82, 2.24) is 10.2 Å². The second-order valence-electron chi connectivity index (χ2n) is 6.70. The number of carbonyl (C=O) groups excluding carboxylic acids is 3. The highest BCUT2D eigenvalue weighted by Gasteiger charge is 2.28. The van der Waals surface area contributed by atoms with Crippen LogP contribution < -0.4 is 15.5 Å². The molecule has 1 atom stereocenters. The molecule has 0 bridgehead atoms. The molecule has 0 saturated carbocycles. The molecule has 7 heteroatoms. The number of hydrogen-bond donors (Lipinski definition) is 2. The van der Waals surface area contributed by atoms with E-state index < -0.39 is 0 Å². The Morgan fingerprint density at radius 1 is 1.35 bits per heavy atom. The molecule has 2 saturated heterocycles. The zero-order chi connectivity index (χ0) is 18.7. The Balaban J connectivity index is 1.66. The number of anilines is 2. The van der Waals surface area contributed by atoms with Crippen molar-refractivity contribution in [1.29, 1.82) is 0 Å². The van der Waals surface area contributed by atoms with Crippen molar-refractivity contribution in [2.75, 3.05) is 36.4 Å². The highest BCUT2D eigenvalue weighted by Crippen LogP contribution is 2.25. The zero-order valence-corrected chi connectivity index (χ0v) is 15.0. The molecular weight excluding hydrogens is 332 g/mol. The van der Waals surface area contributed by atoms with Gasteiger partial charge in [-0.1, -0.05) is 6.58 Å². The molecule has 2 N–H and O–H groups in total. The van der Waals surface area contributed by atoms with E-state index in [4.69, 9.17) is 0 Å². The Kier molecular flexibility index (Phi) is 5.25. The number of urea groups is 1. The van der Waals surface area contributed by atoms with E-state index in [1.807, 2.05) is 25.1 Å². The van der Waals surface area contributed by atoms with Crippen LogP contribution in [-0.2, 0) is 9.59 Å². The van der Waals surface area contributed by atoms with Crippen molar-refractivity contribution in [3.05, 3.63) is 36.4 Å². The summed E-state index contributed by atoms with van der Waals surface area (Å²) in [6, 6.07) is 5.45. The van der Waals surface area contributed by atoms with Crippen molar-refractivity contribution in [2.45, 2.75) is 19.8 Å². The number of piperidine rings is 1. The van der Waals surface area contributed by atoms with Crippen LogP contribution in [0.25, 0.3) is 0 Å². The fraction of sp³-hybridized carbons (Fsp3) is 0.421. The topological polar surface area (TPSA) is 81.8 Å². The molecule has 138 valence electrons. The number of amides is 4. The van der Waals surface area contributed by atoms with Gasteiger partial charge in [0.25, 0.3) is 0 Å². The van der Waals surface area contributed by atoms with E-state index in [9.17, 15) is 14.4 Å². The first kappa shape index (κ1) is 18.0. The molecule has 2 fully saturated rings. The van der Waals surface area contributed by atoms with Crippen LogP contribution in [0.5, 0.6) is 0 Å². The van der Waals surface area contributed by atoms with Gasteiger partial charge in [-0.3, -0.25) is 14.5 Å². The lowest BCUT2D eigenvalue weighted by atomic mass is 9.96. The van der Waals surface area contributed by atoms with Crippen LogP contribution in [-0.4, -0.2) is 48.9 Å². The molecule has 1 aromatic carbocycles. The maximum absolute atomic E-state index is 12.6. The molecule has 2 heterocycles. The van der Waals surface area contributed by atoms with Crippen LogP contribution in [0.3, 0.4) is 0 Å². The largest absolute Gasteiger partial charge is 0.338 e. The van der Waals surface area contributed by atoms with Gasteiger partial charge >= 0.3 is 6.03 Å². The highest BCUT2D eigenvalue weighted by atomic mass is 16.2. The third kappa shape index (κ3) is 3.71. The second kappa shape index (κ2) is 7.59. The summed E-state index contributed by atoms with van der Waals surface area (Å²) in [5.41, 5.74) is 2.44. The van der Waals surface area contributed by atoms with Crippen molar-refractivity contribution in [3.63, 3.8) is 0 Å². The zero-order valence-electron chi connectivity index (χ0n) is 15.0. The van der Waals surface area contributed by atoms with E-state index >= 15 is 0 Å². The first-order valence-corrected chi connectivity index (χ1v) is 8.88. The van der Waals surface area contributed by atoms with E-state index in [0.29, 0.717) is 26.2 Å². The second-order valence-corrected chi connectivity index (χ2v) is 6.70. The smallest absolute Gasteiger partial charge is 0.321 e. The van der Waals surface area contributed by atoms with Crippen LogP contribution in [0.2, 0.25) is 0 Å². The number of likely N-dealkylation sites (tertiary alicyclic amines) is 1. The SMILES string of the molecule is C=CC(=O)N1CCCC(C(=O)Nc2ccc(N3CCNC3=O)cc2C)C1. The van der Waals surface area contributed by atoms with Gasteiger partial charge in [0.1, 0.15) is 0 Å². The summed E-state index contributed by atoms with van der Waals surface area (Å²) in [5.74, 6) is -0.440. The number of aryl methyl sites for hydroxylation is 1. The Morgan fingerprint density at radius 3 is 2.81 bits per heavy atom. The molecule has 26 heavy (non-hydrogen) atoms. The summed E-state index contributed by atoms with van der Waals surface area (Å²) < 4.78 is 0. The summed E-state index contributed by atoms with van der Waals surface area (Å²) in [5, 5.41) is 5.74. The van der Waals surface area contributed by atoms with Crippen LogP contribution in [0.1, 0.15) is 18.4 Å². The van der Waals surface area contributed by atoms with E-state index in [0.717, 1.165) is 29.8 Å². The minimum Gasteiger partial charge on any atom is -0.338 e. The van der Waals surface area contributed by atoms with E-state index in [-0.39, 0.29) is 23.8 Å². The van der Waals surface area contributed by atoms with Gasteiger partial charge in [0, 0.05) is 37.6 Å². The third-order valence-corrected chi connectivity index (χ3v) is 4.91.